The van der Waals surface area contributed by atoms with Gasteiger partial charge in [-0.2, -0.15) is 5.10 Å². The van der Waals surface area contributed by atoms with Gasteiger partial charge in [0.1, 0.15) is 10.7 Å². The lowest BCUT2D eigenvalue weighted by Gasteiger charge is -2.36. The second-order valence-corrected chi connectivity index (χ2v) is 9.00. The second-order valence-electron chi connectivity index (χ2n) is 8.14. The maximum absolute atomic E-state index is 13.0. The summed E-state index contributed by atoms with van der Waals surface area (Å²) < 4.78 is 0. The van der Waals surface area contributed by atoms with Crippen molar-refractivity contribution in [1.82, 2.24) is 20.1 Å². The summed E-state index contributed by atoms with van der Waals surface area (Å²) in [6.07, 6.45) is 5.49. The Kier molecular flexibility index (Phi) is 4.13. The molecule has 3 aromatic rings. The molecule has 1 aromatic carbocycles. The molecule has 0 amide bonds. The van der Waals surface area contributed by atoms with Crippen LogP contribution in [-0.4, -0.2) is 45.0 Å². The average Bonchev–Trinajstić information content (AvgIpc) is 3.31. The molecule has 2 aliphatic rings. The van der Waals surface area contributed by atoms with E-state index < -0.39 is 0 Å². The molecular formula is C21H24N4OS. The Labute approximate surface area is 162 Å². The lowest BCUT2D eigenvalue weighted by molar-refractivity contribution is 0.0879. The Bertz CT molecular complexity index is 993. The first-order valence-electron chi connectivity index (χ1n) is 9.74. The summed E-state index contributed by atoms with van der Waals surface area (Å²) in [4.78, 5) is 20.0. The fourth-order valence-corrected chi connectivity index (χ4v) is 5.70. The molecule has 2 bridgehead atoms. The molecule has 5 rings (SSSR count). The van der Waals surface area contributed by atoms with E-state index in [0.717, 1.165) is 40.0 Å². The molecule has 0 spiro atoms. The van der Waals surface area contributed by atoms with E-state index in [1.165, 1.54) is 12.8 Å². The van der Waals surface area contributed by atoms with Crippen LogP contribution in [-0.2, 0) is 0 Å². The van der Waals surface area contributed by atoms with E-state index in [1.807, 2.05) is 25.1 Å². The van der Waals surface area contributed by atoms with Crippen LogP contribution >= 0.6 is 11.3 Å². The number of rotatable bonds is 4. The number of aryl methyl sites for hydroxylation is 1. The second kappa shape index (κ2) is 6.53. The van der Waals surface area contributed by atoms with Gasteiger partial charge in [-0.25, -0.2) is 4.98 Å². The third-order valence-corrected chi connectivity index (χ3v) is 7.37. The Morgan fingerprint density at radius 3 is 2.78 bits per heavy atom. The van der Waals surface area contributed by atoms with E-state index in [1.54, 1.807) is 11.3 Å². The number of Topliss-reactive ketones (excluding diaryl/α,β-unsaturated/α-hetero) is 1. The number of thiazole rings is 1. The molecular weight excluding hydrogens is 356 g/mol. The highest BCUT2D eigenvalue weighted by molar-refractivity contribution is 7.13. The number of hydrogen-bond acceptors (Lipinski definition) is 5. The molecule has 5 nitrogen and oxygen atoms in total. The van der Waals surface area contributed by atoms with Gasteiger partial charge in [0.05, 0.1) is 5.52 Å². The van der Waals surface area contributed by atoms with Gasteiger partial charge in [-0.3, -0.25) is 9.89 Å². The number of aromatic amines is 1. The smallest absolute Gasteiger partial charge is 0.183 e. The molecule has 0 aliphatic carbocycles. The van der Waals surface area contributed by atoms with E-state index >= 15 is 0 Å². The molecule has 6 heteroatoms. The molecule has 27 heavy (non-hydrogen) atoms. The minimum Gasteiger partial charge on any atom is -0.300 e. The molecule has 2 saturated heterocycles. The number of carbonyl (C=O) groups is 1. The van der Waals surface area contributed by atoms with E-state index in [0.29, 0.717) is 30.1 Å². The number of nitrogens with one attached hydrogen (secondary N) is 1. The minimum absolute atomic E-state index is 0.174. The zero-order chi connectivity index (χ0) is 18.5. The van der Waals surface area contributed by atoms with Gasteiger partial charge < -0.3 is 4.90 Å². The highest BCUT2D eigenvalue weighted by atomic mass is 32.1. The minimum atomic E-state index is 0.174. The van der Waals surface area contributed by atoms with Crippen molar-refractivity contribution in [2.24, 2.45) is 5.92 Å². The predicted molar refractivity (Wildman–Crippen MR) is 108 cm³/mol. The lowest BCUT2D eigenvalue weighted by Crippen LogP contribution is -2.40. The standard InChI is InChI=1S/C21H24N4OS/c1-12-11-27-21(22-12)14-3-6-17-18(10-14)23-24-20(17)19(26)9-13-7-15-4-5-16(8-13)25(15)2/h3,6,10-11,13,15-16H,4-5,7-9H2,1-2H3,(H,23,24). The van der Waals surface area contributed by atoms with Gasteiger partial charge in [0.15, 0.2) is 5.78 Å². The monoisotopic (exact) mass is 380 g/mol. The third kappa shape index (κ3) is 3.01. The van der Waals surface area contributed by atoms with Crippen molar-refractivity contribution in [3.8, 4) is 10.6 Å². The molecule has 2 unspecified atom stereocenters. The van der Waals surface area contributed by atoms with Crippen LogP contribution in [0, 0.1) is 12.8 Å². The summed E-state index contributed by atoms with van der Waals surface area (Å²) in [5.74, 6) is 0.670. The number of H-pyrrole nitrogens is 1. The first-order valence-corrected chi connectivity index (χ1v) is 10.6. The molecule has 2 aromatic heterocycles. The van der Waals surface area contributed by atoms with Gasteiger partial charge in [0, 0.05) is 40.5 Å². The van der Waals surface area contributed by atoms with Crippen LogP contribution in [0.2, 0.25) is 0 Å². The van der Waals surface area contributed by atoms with Crippen molar-refractivity contribution < 1.29 is 4.79 Å². The van der Waals surface area contributed by atoms with Crippen LogP contribution < -0.4 is 0 Å². The fraction of sp³-hybridized carbons (Fsp3) is 0.476. The van der Waals surface area contributed by atoms with Crippen LogP contribution in [0.4, 0.5) is 0 Å². The van der Waals surface area contributed by atoms with Gasteiger partial charge in [0.2, 0.25) is 0 Å². The summed E-state index contributed by atoms with van der Waals surface area (Å²) in [6, 6.07) is 7.44. The summed E-state index contributed by atoms with van der Waals surface area (Å²) in [7, 11) is 2.24. The third-order valence-electron chi connectivity index (χ3n) is 6.36. The van der Waals surface area contributed by atoms with Crippen LogP contribution in [0.25, 0.3) is 21.5 Å². The number of hydrogen-bond donors (Lipinski definition) is 1. The summed E-state index contributed by atoms with van der Waals surface area (Å²) in [5.41, 5.74) is 3.60. The lowest BCUT2D eigenvalue weighted by atomic mass is 9.86. The van der Waals surface area contributed by atoms with E-state index in [2.05, 4.69) is 32.5 Å². The highest BCUT2D eigenvalue weighted by Crippen LogP contribution is 2.39. The first kappa shape index (κ1) is 17.1. The summed E-state index contributed by atoms with van der Waals surface area (Å²) in [5, 5.41) is 11.4. The number of piperidine rings is 1. The number of benzene rings is 1. The largest absolute Gasteiger partial charge is 0.300 e. The van der Waals surface area contributed by atoms with E-state index in [9.17, 15) is 4.79 Å². The van der Waals surface area contributed by atoms with Gasteiger partial charge in [0.25, 0.3) is 0 Å². The molecule has 4 heterocycles. The van der Waals surface area contributed by atoms with Gasteiger partial charge in [-0.05, 0) is 57.7 Å². The zero-order valence-electron chi connectivity index (χ0n) is 15.7. The summed E-state index contributed by atoms with van der Waals surface area (Å²) >= 11 is 1.64. The van der Waals surface area contributed by atoms with Gasteiger partial charge >= 0.3 is 0 Å². The van der Waals surface area contributed by atoms with Crippen LogP contribution in [0.1, 0.15) is 48.3 Å². The van der Waals surface area contributed by atoms with E-state index in [-0.39, 0.29) is 5.78 Å². The number of carbonyl (C=O) groups excluding carboxylic acids is 1. The SMILES string of the molecule is Cc1csc(-c2ccc3c(C(=O)CC4CC5CCC(C4)N5C)n[nH]c3c2)n1. The number of ketones is 1. The maximum Gasteiger partial charge on any atom is 0.183 e. The van der Waals surface area contributed by atoms with Crippen LogP contribution in [0.15, 0.2) is 23.6 Å². The van der Waals surface area contributed by atoms with Crippen molar-refractivity contribution in [2.75, 3.05) is 7.05 Å². The molecule has 0 radical (unpaired) electrons. The first-order chi connectivity index (χ1) is 13.1. The molecule has 2 aliphatic heterocycles. The molecule has 2 fully saturated rings. The zero-order valence-corrected chi connectivity index (χ0v) is 16.6. The normalized spacial score (nSPS) is 25.3. The molecule has 1 N–H and O–H groups in total. The van der Waals surface area contributed by atoms with Crippen molar-refractivity contribution in [3.63, 3.8) is 0 Å². The van der Waals surface area contributed by atoms with E-state index in [4.69, 9.17) is 0 Å². The quantitative estimate of drug-likeness (QED) is 0.680. The summed E-state index contributed by atoms with van der Waals surface area (Å²) in [6.45, 7) is 2.00. The Balaban J connectivity index is 1.36. The maximum atomic E-state index is 13.0. The van der Waals surface area contributed by atoms with Crippen LogP contribution in [0.3, 0.4) is 0 Å². The van der Waals surface area contributed by atoms with Crippen molar-refractivity contribution in [2.45, 2.75) is 51.1 Å². The average molecular weight is 381 g/mol. The fourth-order valence-electron chi connectivity index (χ4n) is 4.90. The molecule has 140 valence electrons. The van der Waals surface area contributed by atoms with Crippen LogP contribution in [0.5, 0.6) is 0 Å². The van der Waals surface area contributed by atoms with Crippen molar-refractivity contribution in [1.29, 1.82) is 0 Å². The molecule has 0 saturated carbocycles. The Morgan fingerprint density at radius 1 is 1.30 bits per heavy atom. The van der Waals surface area contributed by atoms with Gasteiger partial charge in [-0.15, -0.1) is 11.3 Å². The highest BCUT2D eigenvalue weighted by Gasteiger charge is 2.39. The predicted octanol–water partition coefficient (Wildman–Crippen LogP) is 4.44. The molecule has 2 atom stereocenters. The number of fused-ring (bicyclic) bond motifs is 3. The number of nitrogens with zero attached hydrogens (tertiary/aromatic N) is 3. The number of aromatic nitrogens is 3. The topological polar surface area (TPSA) is 61.9 Å². The Hall–Kier alpha value is -2.05. The van der Waals surface area contributed by atoms with Crippen molar-refractivity contribution in [3.05, 3.63) is 35.0 Å². The van der Waals surface area contributed by atoms with Gasteiger partial charge in [-0.1, -0.05) is 6.07 Å². The van der Waals surface area contributed by atoms with Crippen molar-refractivity contribution >= 4 is 28.0 Å². The Morgan fingerprint density at radius 2 is 2.07 bits per heavy atom.